The van der Waals surface area contributed by atoms with Gasteiger partial charge in [0.1, 0.15) is 5.82 Å². The molecule has 3 heterocycles. The third-order valence-corrected chi connectivity index (χ3v) is 5.70. The van der Waals surface area contributed by atoms with Crippen LogP contribution in [0.3, 0.4) is 0 Å². The van der Waals surface area contributed by atoms with Crippen LogP contribution >= 0.6 is 0 Å². The van der Waals surface area contributed by atoms with Crippen molar-refractivity contribution in [3.63, 3.8) is 0 Å². The van der Waals surface area contributed by atoms with Gasteiger partial charge in [0.15, 0.2) is 5.82 Å². The molecule has 0 saturated heterocycles. The average molecular weight is 429 g/mol. The van der Waals surface area contributed by atoms with E-state index in [4.69, 9.17) is 5.73 Å². The van der Waals surface area contributed by atoms with E-state index in [1.165, 1.54) is 16.7 Å². The van der Waals surface area contributed by atoms with E-state index in [0.717, 1.165) is 28.4 Å². The van der Waals surface area contributed by atoms with E-state index in [2.05, 4.69) is 16.3 Å². The fraction of sp³-hybridized carbons (Fsp3) is 0.174. The molecular weight excluding hydrogens is 409 g/mol. The molecule has 0 aliphatic heterocycles. The molecule has 8 nitrogen and oxygen atoms in total. The Morgan fingerprint density at radius 1 is 1.16 bits per heavy atom. The molecule has 0 bridgehead atoms. The second-order valence-electron chi connectivity index (χ2n) is 7.70. The van der Waals surface area contributed by atoms with Gasteiger partial charge in [-0.2, -0.15) is 10.4 Å². The van der Waals surface area contributed by atoms with Crippen molar-refractivity contribution in [2.24, 2.45) is 12.8 Å². The Balaban J connectivity index is 1.77. The maximum atomic E-state index is 14.2. The third-order valence-electron chi connectivity index (χ3n) is 5.70. The average Bonchev–Trinajstić information content (AvgIpc) is 3.44. The van der Waals surface area contributed by atoms with Crippen LogP contribution in [0.2, 0.25) is 0 Å². The summed E-state index contributed by atoms with van der Waals surface area (Å²) in [5, 5.41) is 17.5. The van der Waals surface area contributed by atoms with Gasteiger partial charge >= 0.3 is 5.69 Å². The standard InChI is InChI=1S/C23H20FN7O/c1-29-12-18(16-5-3-14(11-26)9-20(16)29)22-27-28-23(32)31(22)21-13-30(8-2-7-25)19-6-4-15(24)10-17(19)21/h3-6,9-10,12-13H,2,7-8,25H2,1H3,(H,28,32). The molecule has 2 aromatic carbocycles. The topological polar surface area (TPSA) is 110 Å². The van der Waals surface area contributed by atoms with Gasteiger partial charge in [-0.25, -0.2) is 18.9 Å². The maximum absolute atomic E-state index is 14.2. The smallest absolute Gasteiger partial charge is 0.348 e. The summed E-state index contributed by atoms with van der Waals surface area (Å²) in [4.78, 5) is 12.9. The minimum Gasteiger partial charge on any atom is -0.350 e. The Kier molecular flexibility index (Phi) is 4.64. The zero-order valence-corrected chi connectivity index (χ0v) is 17.3. The van der Waals surface area contributed by atoms with Crippen molar-refractivity contribution in [1.29, 1.82) is 5.26 Å². The lowest BCUT2D eigenvalue weighted by atomic mass is 10.1. The van der Waals surface area contributed by atoms with Gasteiger partial charge in [0.05, 0.1) is 22.8 Å². The van der Waals surface area contributed by atoms with Crippen molar-refractivity contribution >= 4 is 21.8 Å². The number of nitriles is 1. The highest BCUT2D eigenvalue weighted by Crippen LogP contribution is 2.32. The van der Waals surface area contributed by atoms with E-state index in [9.17, 15) is 14.4 Å². The molecule has 0 atom stereocenters. The first kappa shape index (κ1) is 19.8. The number of rotatable bonds is 5. The fourth-order valence-electron chi connectivity index (χ4n) is 4.21. The van der Waals surface area contributed by atoms with Crippen LogP contribution in [-0.2, 0) is 13.6 Å². The van der Waals surface area contributed by atoms with Gasteiger partial charge in [0, 0.05) is 47.8 Å². The molecule has 0 saturated carbocycles. The largest absolute Gasteiger partial charge is 0.350 e. The van der Waals surface area contributed by atoms with Crippen LogP contribution in [0.15, 0.2) is 53.6 Å². The van der Waals surface area contributed by atoms with E-state index >= 15 is 0 Å². The van der Waals surface area contributed by atoms with Crippen LogP contribution in [0, 0.1) is 17.1 Å². The monoisotopic (exact) mass is 429 g/mol. The van der Waals surface area contributed by atoms with Crippen molar-refractivity contribution in [1.82, 2.24) is 23.9 Å². The molecule has 0 aliphatic carbocycles. The van der Waals surface area contributed by atoms with Crippen molar-refractivity contribution in [2.45, 2.75) is 13.0 Å². The molecule has 0 amide bonds. The molecule has 0 fully saturated rings. The van der Waals surface area contributed by atoms with E-state index in [1.807, 2.05) is 34.6 Å². The highest BCUT2D eigenvalue weighted by Gasteiger charge is 2.21. The number of hydrogen-bond acceptors (Lipinski definition) is 4. The Morgan fingerprint density at radius 2 is 2.00 bits per heavy atom. The van der Waals surface area contributed by atoms with Gasteiger partial charge in [-0.3, -0.25) is 0 Å². The van der Waals surface area contributed by atoms with Crippen molar-refractivity contribution in [2.75, 3.05) is 6.54 Å². The number of nitrogens with one attached hydrogen (secondary N) is 1. The van der Waals surface area contributed by atoms with Gasteiger partial charge in [-0.1, -0.05) is 6.07 Å². The predicted octanol–water partition coefficient (Wildman–Crippen LogP) is 3.03. The quantitative estimate of drug-likeness (QED) is 0.447. The number of aromatic nitrogens is 5. The predicted molar refractivity (Wildman–Crippen MR) is 120 cm³/mol. The normalized spacial score (nSPS) is 11.4. The number of aromatic amines is 1. The van der Waals surface area contributed by atoms with E-state index < -0.39 is 5.69 Å². The Labute approximate surface area is 181 Å². The summed E-state index contributed by atoms with van der Waals surface area (Å²) in [7, 11) is 1.87. The summed E-state index contributed by atoms with van der Waals surface area (Å²) in [6, 6.07) is 12.0. The van der Waals surface area contributed by atoms with Gasteiger partial charge < -0.3 is 14.9 Å². The Morgan fingerprint density at radius 3 is 2.78 bits per heavy atom. The first-order valence-corrected chi connectivity index (χ1v) is 10.2. The van der Waals surface area contributed by atoms with E-state index in [0.29, 0.717) is 35.6 Å². The summed E-state index contributed by atoms with van der Waals surface area (Å²) in [5.41, 5.74) is 8.72. The molecule has 0 aliphatic rings. The number of nitrogens with zero attached hydrogens (tertiary/aromatic N) is 5. The Bertz CT molecular complexity index is 1580. The summed E-state index contributed by atoms with van der Waals surface area (Å²) >= 11 is 0. The summed E-state index contributed by atoms with van der Waals surface area (Å²) < 4.78 is 19.5. The van der Waals surface area contributed by atoms with Crippen LogP contribution in [0.5, 0.6) is 0 Å². The number of halogens is 1. The number of nitrogens with two attached hydrogens (primary N) is 1. The van der Waals surface area contributed by atoms with E-state index in [-0.39, 0.29) is 5.82 Å². The van der Waals surface area contributed by atoms with Crippen LogP contribution in [0.25, 0.3) is 38.9 Å². The van der Waals surface area contributed by atoms with Crippen molar-refractivity contribution in [3.8, 4) is 23.1 Å². The second kappa shape index (κ2) is 7.51. The number of H-pyrrole nitrogens is 1. The number of aryl methyl sites for hydroxylation is 2. The molecule has 5 aromatic rings. The van der Waals surface area contributed by atoms with Gasteiger partial charge in [-0.05, 0) is 43.3 Å². The van der Waals surface area contributed by atoms with Crippen molar-refractivity contribution in [3.05, 3.63) is 70.7 Å². The molecule has 3 N–H and O–H groups in total. The molecule has 0 unspecified atom stereocenters. The SMILES string of the molecule is Cn1cc(-c2n[nH]c(=O)n2-c2cn(CCCN)c3ccc(F)cc23)c2ccc(C#N)cc21. The third kappa shape index (κ3) is 3.01. The second-order valence-corrected chi connectivity index (χ2v) is 7.70. The molecule has 160 valence electrons. The first-order chi connectivity index (χ1) is 15.5. The number of benzene rings is 2. The zero-order chi connectivity index (χ0) is 22.4. The number of hydrogen-bond donors (Lipinski definition) is 2. The highest BCUT2D eigenvalue weighted by molar-refractivity contribution is 5.96. The van der Waals surface area contributed by atoms with E-state index in [1.54, 1.807) is 18.2 Å². The molecule has 9 heteroatoms. The molecule has 3 aromatic heterocycles. The molecule has 0 spiro atoms. The highest BCUT2D eigenvalue weighted by atomic mass is 19.1. The molecule has 0 radical (unpaired) electrons. The lowest BCUT2D eigenvalue weighted by Gasteiger charge is -2.04. The molecular formula is C23H20FN7O. The van der Waals surface area contributed by atoms with Gasteiger partial charge in [0.25, 0.3) is 0 Å². The molecule has 32 heavy (non-hydrogen) atoms. The van der Waals surface area contributed by atoms with Crippen LogP contribution < -0.4 is 11.4 Å². The van der Waals surface area contributed by atoms with Crippen LogP contribution in [-0.4, -0.2) is 30.4 Å². The lowest BCUT2D eigenvalue weighted by molar-refractivity contribution is 0.629. The first-order valence-electron chi connectivity index (χ1n) is 10.2. The maximum Gasteiger partial charge on any atom is 0.348 e. The summed E-state index contributed by atoms with van der Waals surface area (Å²) in [6.07, 6.45) is 4.45. The Hall–Kier alpha value is -4.16. The number of fused-ring (bicyclic) bond motifs is 2. The van der Waals surface area contributed by atoms with Gasteiger partial charge in [0.2, 0.25) is 0 Å². The minimum atomic E-state index is -0.423. The zero-order valence-electron chi connectivity index (χ0n) is 17.3. The van der Waals surface area contributed by atoms with Crippen LogP contribution in [0.1, 0.15) is 12.0 Å². The lowest BCUT2D eigenvalue weighted by Crippen LogP contribution is -2.15. The fourth-order valence-corrected chi connectivity index (χ4v) is 4.21. The summed E-state index contributed by atoms with van der Waals surface area (Å²) in [5.74, 6) is 0.0232. The van der Waals surface area contributed by atoms with Crippen molar-refractivity contribution < 1.29 is 4.39 Å². The van der Waals surface area contributed by atoms with Gasteiger partial charge in [-0.15, -0.1) is 0 Å². The summed E-state index contributed by atoms with van der Waals surface area (Å²) in [6.45, 7) is 1.17. The molecule has 5 rings (SSSR count). The minimum absolute atomic E-state index is 0.386. The van der Waals surface area contributed by atoms with Crippen LogP contribution in [0.4, 0.5) is 4.39 Å².